The van der Waals surface area contributed by atoms with Crippen LogP contribution in [0.25, 0.3) is 4.96 Å². The van der Waals surface area contributed by atoms with Gasteiger partial charge in [-0.15, -0.1) is 11.3 Å². The zero-order valence-corrected chi connectivity index (χ0v) is 13.5. The third-order valence-corrected chi connectivity index (χ3v) is 4.25. The molecule has 3 rings (SSSR count). The highest BCUT2D eigenvalue weighted by molar-refractivity contribution is 7.15. The molecule has 0 bridgehead atoms. The van der Waals surface area contributed by atoms with Gasteiger partial charge in [-0.2, -0.15) is 0 Å². The minimum atomic E-state index is -0.505. The van der Waals surface area contributed by atoms with Crippen LogP contribution in [-0.2, 0) is 0 Å². The predicted octanol–water partition coefficient (Wildman–Crippen LogP) is 2.72. The Morgan fingerprint density at radius 1 is 1.39 bits per heavy atom. The molecule has 2 aromatic heterocycles. The molecule has 0 saturated heterocycles. The summed E-state index contributed by atoms with van der Waals surface area (Å²) in [6.07, 6.45) is 1.31. The van der Waals surface area contributed by atoms with Gasteiger partial charge < -0.3 is 10.1 Å². The summed E-state index contributed by atoms with van der Waals surface area (Å²) in [5.41, 5.74) is 0.896. The van der Waals surface area contributed by atoms with Gasteiger partial charge >= 0.3 is 0 Å². The normalized spacial score (nSPS) is 10.7. The lowest BCUT2D eigenvalue weighted by molar-refractivity contribution is 0.102. The van der Waals surface area contributed by atoms with Crippen molar-refractivity contribution in [1.82, 2.24) is 9.38 Å². The van der Waals surface area contributed by atoms with Gasteiger partial charge in [-0.25, -0.2) is 4.98 Å². The summed E-state index contributed by atoms with van der Waals surface area (Å²) in [5.74, 6) is 0.0545. The Kier molecular flexibility index (Phi) is 4.12. The number of anilines is 1. The first-order chi connectivity index (χ1) is 11.1. The van der Waals surface area contributed by atoms with Gasteiger partial charge in [0.05, 0.1) is 12.3 Å². The number of thiazole rings is 1. The second-order valence-corrected chi connectivity index (χ2v) is 5.69. The maximum absolute atomic E-state index is 12.5. The summed E-state index contributed by atoms with van der Waals surface area (Å²) in [7, 11) is 0. The molecule has 118 valence electrons. The molecule has 1 amide bonds. The molecule has 0 aliphatic heterocycles. The number of fused-ring (bicyclic) bond motifs is 1. The van der Waals surface area contributed by atoms with Crippen molar-refractivity contribution in [1.29, 1.82) is 0 Å². The molecular weight excluding hydrogens is 314 g/mol. The van der Waals surface area contributed by atoms with E-state index in [9.17, 15) is 9.59 Å². The molecule has 7 heteroatoms. The highest BCUT2D eigenvalue weighted by atomic mass is 32.1. The van der Waals surface area contributed by atoms with Crippen LogP contribution in [0.15, 0.2) is 40.6 Å². The Hall–Kier alpha value is -2.67. The molecule has 6 nitrogen and oxygen atoms in total. The number of carbonyl (C=O) groups excluding carboxylic acids is 1. The number of hydrogen-bond acceptors (Lipinski definition) is 5. The van der Waals surface area contributed by atoms with Crippen LogP contribution in [0.2, 0.25) is 0 Å². The van der Waals surface area contributed by atoms with Crippen molar-refractivity contribution in [3.05, 3.63) is 57.5 Å². The highest BCUT2D eigenvalue weighted by Gasteiger charge is 2.16. The standard InChI is InChI=1S/C16H15N3O3S/c1-3-22-13-7-5-4-6-12(13)18-14(20)11-8-17-16-19(15(11)21)10(2)9-23-16/h4-9H,3H2,1-2H3,(H,18,20). The molecule has 0 radical (unpaired) electrons. The Balaban J connectivity index is 1.97. The van der Waals surface area contributed by atoms with E-state index in [2.05, 4.69) is 10.3 Å². The van der Waals surface area contributed by atoms with E-state index in [-0.39, 0.29) is 11.1 Å². The van der Waals surface area contributed by atoms with Gasteiger partial charge in [0.25, 0.3) is 11.5 Å². The van der Waals surface area contributed by atoms with E-state index < -0.39 is 5.91 Å². The molecule has 2 heterocycles. The first-order valence-electron chi connectivity index (χ1n) is 7.11. The van der Waals surface area contributed by atoms with Crippen LogP contribution in [-0.4, -0.2) is 21.9 Å². The maximum atomic E-state index is 12.5. The van der Waals surface area contributed by atoms with Gasteiger partial charge in [0, 0.05) is 17.3 Å². The molecule has 23 heavy (non-hydrogen) atoms. The fourth-order valence-corrected chi connectivity index (χ4v) is 3.05. The second-order valence-electron chi connectivity index (χ2n) is 4.86. The molecule has 3 aromatic rings. The lowest BCUT2D eigenvalue weighted by atomic mass is 10.2. The average molecular weight is 329 g/mol. The van der Waals surface area contributed by atoms with E-state index in [0.717, 1.165) is 5.69 Å². The Morgan fingerprint density at radius 3 is 2.96 bits per heavy atom. The minimum Gasteiger partial charge on any atom is -0.492 e. The molecule has 0 aliphatic rings. The molecule has 0 unspecified atom stereocenters. The smallest absolute Gasteiger partial charge is 0.271 e. The lowest BCUT2D eigenvalue weighted by Crippen LogP contribution is -2.26. The van der Waals surface area contributed by atoms with Crippen LogP contribution in [0.5, 0.6) is 5.75 Å². The van der Waals surface area contributed by atoms with Gasteiger partial charge in [0.1, 0.15) is 11.3 Å². The number of hydrogen-bond donors (Lipinski definition) is 1. The summed E-state index contributed by atoms with van der Waals surface area (Å²) in [6.45, 7) is 4.15. The number of aryl methyl sites for hydroxylation is 1. The highest BCUT2D eigenvalue weighted by Crippen LogP contribution is 2.24. The zero-order valence-electron chi connectivity index (χ0n) is 12.7. The number of aromatic nitrogens is 2. The van der Waals surface area contributed by atoms with Crippen molar-refractivity contribution >= 4 is 27.9 Å². The first-order valence-corrected chi connectivity index (χ1v) is 7.98. The zero-order chi connectivity index (χ0) is 16.4. The maximum Gasteiger partial charge on any atom is 0.271 e. The SMILES string of the molecule is CCOc1ccccc1NC(=O)c1cnc2scc(C)n2c1=O. The number of rotatable bonds is 4. The number of benzene rings is 1. The Bertz CT molecular complexity index is 930. The van der Waals surface area contributed by atoms with E-state index in [1.807, 2.05) is 18.4 Å². The van der Waals surface area contributed by atoms with Gasteiger partial charge in [0.15, 0.2) is 4.96 Å². The van der Waals surface area contributed by atoms with Gasteiger partial charge in [-0.1, -0.05) is 12.1 Å². The van der Waals surface area contributed by atoms with Crippen molar-refractivity contribution in [3.8, 4) is 5.75 Å². The molecule has 0 saturated carbocycles. The molecule has 0 aliphatic carbocycles. The third kappa shape index (κ3) is 2.83. The number of nitrogens with zero attached hydrogens (tertiary/aromatic N) is 2. The van der Waals surface area contributed by atoms with E-state index >= 15 is 0 Å². The second kappa shape index (κ2) is 6.21. The predicted molar refractivity (Wildman–Crippen MR) is 89.6 cm³/mol. The molecular formula is C16H15N3O3S. The fourth-order valence-electron chi connectivity index (χ4n) is 2.22. The van der Waals surface area contributed by atoms with Crippen LogP contribution in [0.1, 0.15) is 23.0 Å². The molecule has 1 N–H and O–H groups in total. The number of nitrogens with one attached hydrogen (secondary N) is 1. The van der Waals surface area contributed by atoms with Crippen LogP contribution in [0.4, 0.5) is 5.69 Å². The first kappa shape index (κ1) is 15.2. The summed E-state index contributed by atoms with van der Waals surface area (Å²) in [4.78, 5) is 29.7. The lowest BCUT2D eigenvalue weighted by Gasteiger charge is -2.11. The summed E-state index contributed by atoms with van der Waals surface area (Å²) >= 11 is 1.36. The van der Waals surface area contributed by atoms with Crippen LogP contribution >= 0.6 is 11.3 Å². The fraction of sp³-hybridized carbons (Fsp3) is 0.188. The van der Waals surface area contributed by atoms with E-state index in [1.54, 1.807) is 25.1 Å². The topological polar surface area (TPSA) is 72.7 Å². The number of para-hydroxylation sites is 2. The quantitative estimate of drug-likeness (QED) is 0.799. The Morgan fingerprint density at radius 2 is 2.17 bits per heavy atom. The largest absolute Gasteiger partial charge is 0.492 e. The molecule has 0 atom stereocenters. The molecule has 0 spiro atoms. The van der Waals surface area contributed by atoms with Gasteiger partial charge in [0.2, 0.25) is 0 Å². The average Bonchev–Trinajstić information content (AvgIpc) is 2.92. The van der Waals surface area contributed by atoms with Crippen molar-refractivity contribution < 1.29 is 9.53 Å². The summed E-state index contributed by atoms with van der Waals surface area (Å²) < 4.78 is 6.91. The van der Waals surface area contributed by atoms with Gasteiger partial charge in [-0.05, 0) is 26.0 Å². The summed E-state index contributed by atoms with van der Waals surface area (Å²) in [6, 6.07) is 7.09. The molecule has 0 fully saturated rings. The number of ether oxygens (including phenoxy) is 1. The monoisotopic (exact) mass is 329 g/mol. The Labute approximate surface area is 136 Å². The molecule has 1 aromatic carbocycles. The van der Waals surface area contributed by atoms with Crippen LogP contribution < -0.4 is 15.6 Å². The summed E-state index contributed by atoms with van der Waals surface area (Å²) in [5, 5.41) is 4.54. The van der Waals surface area contributed by atoms with E-state index in [4.69, 9.17) is 4.74 Å². The van der Waals surface area contributed by atoms with Crippen molar-refractivity contribution in [2.24, 2.45) is 0 Å². The van der Waals surface area contributed by atoms with Crippen molar-refractivity contribution in [2.75, 3.05) is 11.9 Å². The minimum absolute atomic E-state index is 0.00435. The number of carbonyl (C=O) groups is 1. The van der Waals surface area contributed by atoms with E-state index in [0.29, 0.717) is 23.0 Å². The van der Waals surface area contributed by atoms with Gasteiger partial charge in [-0.3, -0.25) is 14.0 Å². The number of amides is 1. The third-order valence-electron chi connectivity index (χ3n) is 3.30. The van der Waals surface area contributed by atoms with Crippen LogP contribution in [0.3, 0.4) is 0 Å². The van der Waals surface area contributed by atoms with Crippen LogP contribution in [0, 0.1) is 6.92 Å². The van der Waals surface area contributed by atoms with E-state index in [1.165, 1.54) is 21.9 Å². The van der Waals surface area contributed by atoms with Crippen molar-refractivity contribution in [3.63, 3.8) is 0 Å². The van der Waals surface area contributed by atoms with Crippen molar-refractivity contribution in [2.45, 2.75) is 13.8 Å².